The van der Waals surface area contributed by atoms with Crippen molar-refractivity contribution in [1.82, 2.24) is 4.90 Å². The Morgan fingerprint density at radius 2 is 1.92 bits per heavy atom. The maximum Gasteiger partial charge on any atom is 0.119 e. The van der Waals surface area contributed by atoms with Crippen molar-refractivity contribution >= 4 is 0 Å². The van der Waals surface area contributed by atoms with Crippen LogP contribution in [0.4, 0.5) is 0 Å². The zero-order chi connectivity index (χ0) is 10.1. The van der Waals surface area contributed by atoms with Gasteiger partial charge in [0.05, 0.1) is 19.3 Å². The molecule has 0 spiro atoms. The molecule has 1 aliphatic heterocycles. The zero-order valence-corrected chi connectivity index (χ0v) is 8.87. The largest absolute Gasteiger partial charge is 0.378 e. The molecule has 13 heavy (non-hydrogen) atoms. The van der Waals surface area contributed by atoms with Gasteiger partial charge < -0.3 is 9.64 Å². The van der Waals surface area contributed by atoms with Crippen LogP contribution < -0.4 is 0 Å². The van der Waals surface area contributed by atoms with Crippen molar-refractivity contribution in [2.45, 2.75) is 19.9 Å². The van der Waals surface area contributed by atoms with Gasteiger partial charge in [0.15, 0.2) is 0 Å². The molecule has 74 valence electrons. The van der Waals surface area contributed by atoms with Crippen LogP contribution in [0.1, 0.15) is 13.8 Å². The Balaban J connectivity index is 2.80. The normalized spacial score (nSPS) is 22.5. The molecule has 0 aromatic heterocycles. The third-order valence-electron chi connectivity index (χ3n) is 2.70. The first-order chi connectivity index (χ1) is 6.03. The first-order valence-corrected chi connectivity index (χ1v) is 4.69. The standard InChI is InChI=1S/C10H18N2O/c1-8(2)9(12(3)4)10(5-11)6-13-7-10/h8-9H,6-7H2,1-4H3. The quantitative estimate of drug-likeness (QED) is 0.656. The molecule has 0 aliphatic carbocycles. The molecule has 0 aromatic carbocycles. The summed E-state index contributed by atoms with van der Waals surface area (Å²) in [6.07, 6.45) is 0. The Morgan fingerprint density at radius 3 is 2.00 bits per heavy atom. The molecule has 1 fully saturated rings. The summed E-state index contributed by atoms with van der Waals surface area (Å²) < 4.78 is 5.16. The van der Waals surface area contributed by atoms with Crippen LogP contribution >= 0.6 is 0 Å². The van der Waals surface area contributed by atoms with Gasteiger partial charge in [0.1, 0.15) is 5.41 Å². The van der Waals surface area contributed by atoms with Crippen molar-refractivity contribution in [2.24, 2.45) is 11.3 Å². The Bertz CT molecular complexity index is 205. The lowest BCUT2D eigenvalue weighted by molar-refractivity contribution is -0.123. The van der Waals surface area contributed by atoms with Gasteiger partial charge in [-0.15, -0.1) is 0 Å². The number of hydrogen-bond donors (Lipinski definition) is 0. The molecule has 1 aliphatic rings. The van der Waals surface area contributed by atoms with Gasteiger partial charge in [-0.05, 0) is 20.0 Å². The van der Waals surface area contributed by atoms with Gasteiger partial charge in [-0.2, -0.15) is 5.26 Å². The van der Waals surface area contributed by atoms with Gasteiger partial charge in [-0.3, -0.25) is 0 Å². The number of nitriles is 1. The molecule has 1 atom stereocenters. The fourth-order valence-corrected chi connectivity index (χ4v) is 2.35. The highest BCUT2D eigenvalue weighted by Crippen LogP contribution is 2.36. The van der Waals surface area contributed by atoms with Crippen LogP contribution in [0.15, 0.2) is 0 Å². The minimum Gasteiger partial charge on any atom is -0.378 e. The van der Waals surface area contributed by atoms with E-state index in [9.17, 15) is 0 Å². The van der Waals surface area contributed by atoms with Crippen LogP contribution in [0.25, 0.3) is 0 Å². The molecule has 1 unspecified atom stereocenters. The molecule has 1 saturated heterocycles. The van der Waals surface area contributed by atoms with Crippen molar-refractivity contribution in [3.8, 4) is 6.07 Å². The van der Waals surface area contributed by atoms with E-state index in [1.165, 1.54) is 0 Å². The van der Waals surface area contributed by atoms with Crippen LogP contribution in [0.3, 0.4) is 0 Å². The number of rotatable bonds is 3. The van der Waals surface area contributed by atoms with Gasteiger partial charge in [0.2, 0.25) is 0 Å². The molecule has 0 amide bonds. The van der Waals surface area contributed by atoms with Crippen LogP contribution in [0, 0.1) is 22.7 Å². The minimum absolute atomic E-state index is 0.266. The van der Waals surface area contributed by atoms with E-state index in [1.807, 2.05) is 14.1 Å². The number of nitrogens with zero attached hydrogens (tertiary/aromatic N) is 2. The van der Waals surface area contributed by atoms with Crippen molar-refractivity contribution in [2.75, 3.05) is 27.3 Å². The van der Waals surface area contributed by atoms with E-state index in [4.69, 9.17) is 10.00 Å². The topological polar surface area (TPSA) is 36.3 Å². The average Bonchev–Trinajstić information content (AvgIpc) is 1.94. The molecule has 3 heteroatoms. The van der Waals surface area contributed by atoms with Crippen LogP contribution in [0.5, 0.6) is 0 Å². The van der Waals surface area contributed by atoms with Crippen LogP contribution in [0.2, 0.25) is 0 Å². The molecular weight excluding hydrogens is 164 g/mol. The van der Waals surface area contributed by atoms with Gasteiger partial charge >= 0.3 is 0 Å². The van der Waals surface area contributed by atoms with Crippen molar-refractivity contribution in [1.29, 1.82) is 5.26 Å². The van der Waals surface area contributed by atoms with E-state index in [-0.39, 0.29) is 5.41 Å². The van der Waals surface area contributed by atoms with Gasteiger partial charge in [-0.25, -0.2) is 0 Å². The SMILES string of the molecule is CC(C)C(N(C)C)C1(C#N)COC1. The highest BCUT2D eigenvalue weighted by Gasteiger charge is 2.48. The second-order valence-corrected chi connectivity index (χ2v) is 4.41. The number of hydrogen-bond acceptors (Lipinski definition) is 3. The average molecular weight is 182 g/mol. The fraction of sp³-hybridized carbons (Fsp3) is 0.900. The summed E-state index contributed by atoms with van der Waals surface area (Å²) in [7, 11) is 4.06. The predicted molar refractivity (Wildman–Crippen MR) is 51.2 cm³/mol. The van der Waals surface area contributed by atoms with Crippen molar-refractivity contribution < 1.29 is 4.74 Å². The van der Waals surface area contributed by atoms with E-state index in [0.717, 1.165) is 0 Å². The molecule has 0 N–H and O–H groups in total. The van der Waals surface area contributed by atoms with Gasteiger partial charge in [0, 0.05) is 6.04 Å². The monoisotopic (exact) mass is 182 g/mol. The van der Waals surface area contributed by atoms with Gasteiger partial charge in [-0.1, -0.05) is 13.8 Å². The summed E-state index contributed by atoms with van der Waals surface area (Å²) in [5.41, 5.74) is -0.266. The second-order valence-electron chi connectivity index (χ2n) is 4.41. The van der Waals surface area contributed by atoms with E-state index in [2.05, 4.69) is 24.8 Å². The van der Waals surface area contributed by atoms with E-state index in [0.29, 0.717) is 25.2 Å². The van der Waals surface area contributed by atoms with E-state index < -0.39 is 0 Å². The van der Waals surface area contributed by atoms with Crippen LogP contribution in [-0.4, -0.2) is 38.3 Å². The first kappa shape index (κ1) is 10.5. The lowest BCUT2D eigenvalue weighted by atomic mass is 9.74. The molecule has 1 heterocycles. The molecular formula is C10H18N2O. The third-order valence-corrected chi connectivity index (χ3v) is 2.70. The summed E-state index contributed by atoms with van der Waals surface area (Å²) in [6.45, 7) is 5.49. The third kappa shape index (κ3) is 1.70. The summed E-state index contributed by atoms with van der Waals surface area (Å²) >= 11 is 0. The Labute approximate surface area is 80.3 Å². The molecule has 1 rings (SSSR count). The van der Waals surface area contributed by atoms with E-state index in [1.54, 1.807) is 0 Å². The maximum atomic E-state index is 9.15. The Morgan fingerprint density at radius 1 is 1.38 bits per heavy atom. The Kier molecular flexibility index (Phi) is 2.94. The number of ether oxygens (including phenoxy) is 1. The predicted octanol–water partition coefficient (Wildman–Crippen LogP) is 1.11. The lowest BCUT2D eigenvalue weighted by Crippen LogP contribution is -2.57. The summed E-state index contributed by atoms with van der Waals surface area (Å²) in [6, 6.07) is 2.71. The Hall–Kier alpha value is -0.590. The summed E-state index contributed by atoms with van der Waals surface area (Å²) in [4.78, 5) is 2.14. The van der Waals surface area contributed by atoms with Crippen LogP contribution in [-0.2, 0) is 4.74 Å². The fourth-order valence-electron chi connectivity index (χ4n) is 2.35. The molecule has 0 aromatic rings. The molecule has 0 saturated carbocycles. The molecule has 0 bridgehead atoms. The highest BCUT2D eigenvalue weighted by molar-refractivity contribution is 5.11. The van der Waals surface area contributed by atoms with Crippen molar-refractivity contribution in [3.05, 3.63) is 0 Å². The minimum atomic E-state index is -0.266. The lowest BCUT2D eigenvalue weighted by Gasteiger charge is -2.46. The highest BCUT2D eigenvalue weighted by atomic mass is 16.5. The molecule has 3 nitrogen and oxygen atoms in total. The molecule has 0 radical (unpaired) electrons. The first-order valence-electron chi connectivity index (χ1n) is 4.69. The summed E-state index contributed by atoms with van der Waals surface area (Å²) in [5, 5.41) is 9.15. The van der Waals surface area contributed by atoms with Crippen molar-refractivity contribution in [3.63, 3.8) is 0 Å². The maximum absolute atomic E-state index is 9.15. The smallest absolute Gasteiger partial charge is 0.119 e. The summed E-state index contributed by atoms with van der Waals surface area (Å²) in [5.74, 6) is 0.485. The van der Waals surface area contributed by atoms with E-state index >= 15 is 0 Å². The van der Waals surface area contributed by atoms with Gasteiger partial charge in [0.25, 0.3) is 0 Å². The zero-order valence-electron chi connectivity index (χ0n) is 8.87. The second kappa shape index (κ2) is 3.65.